The number of hydrogen-bond acceptors (Lipinski definition) is 6. The van der Waals surface area contributed by atoms with Gasteiger partial charge in [-0.05, 0) is 49.9 Å². The molecule has 0 bridgehead atoms. The first kappa shape index (κ1) is 27.4. The zero-order valence-electron chi connectivity index (χ0n) is 18.2. The number of nitro groups is 1. The molecule has 35 heavy (non-hydrogen) atoms. The lowest BCUT2D eigenvalue weighted by molar-refractivity contribution is -0.384. The van der Waals surface area contributed by atoms with Gasteiger partial charge in [0.05, 0.1) is 17.1 Å². The van der Waals surface area contributed by atoms with Crippen LogP contribution in [0.15, 0.2) is 39.3 Å². The first-order chi connectivity index (χ1) is 16.5. The summed E-state index contributed by atoms with van der Waals surface area (Å²) >= 11 is 6.51. The summed E-state index contributed by atoms with van der Waals surface area (Å²) < 4.78 is 49.6. The highest BCUT2D eigenvalue weighted by Crippen LogP contribution is 2.41. The van der Waals surface area contributed by atoms with E-state index >= 15 is 0 Å². The topological polar surface area (TPSA) is 117 Å². The first-order valence-electron chi connectivity index (χ1n) is 10.6. The molecule has 2 fully saturated rings. The van der Waals surface area contributed by atoms with Gasteiger partial charge in [0.1, 0.15) is 5.69 Å². The standard InChI is InChI=1S/C12H10BrF3N2O4.C10H12BrNO/c13-6-4-7(9-2-1-3-22-9)10(8(5-6)18(20)21)17-11(19)12(14,15)16;11-7-3-4-9(12)8(6-7)10-2-1-5-13-10/h4-5,9H,1-3H2,(H,17,19);3-4,6,10H,1-2,5,12H2. The number of carbonyl (C=O) groups is 1. The number of carbonyl (C=O) groups excluding carboxylic acids is 1. The Bertz CT molecular complexity index is 1090. The number of nitrogens with zero attached hydrogens (tertiary/aromatic N) is 1. The molecule has 2 aliphatic heterocycles. The van der Waals surface area contributed by atoms with Crippen molar-refractivity contribution in [1.82, 2.24) is 0 Å². The predicted molar refractivity (Wildman–Crippen MR) is 130 cm³/mol. The highest BCUT2D eigenvalue weighted by molar-refractivity contribution is 9.10. The Balaban J connectivity index is 0.000000223. The molecule has 4 rings (SSSR count). The van der Waals surface area contributed by atoms with Crippen LogP contribution in [-0.2, 0) is 14.3 Å². The summed E-state index contributed by atoms with van der Waals surface area (Å²) in [6.45, 7) is 1.26. The van der Waals surface area contributed by atoms with Crippen molar-refractivity contribution in [2.45, 2.75) is 44.1 Å². The Morgan fingerprint density at radius 1 is 1.03 bits per heavy atom. The number of halogens is 5. The number of amides is 1. The highest BCUT2D eigenvalue weighted by Gasteiger charge is 2.41. The number of ether oxygens (including phenoxy) is 2. The van der Waals surface area contributed by atoms with Crippen molar-refractivity contribution in [3.63, 3.8) is 0 Å². The molecule has 13 heteroatoms. The summed E-state index contributed by atoms with van der Waals surface area (Å²) in [6.07, 6.45) is -2.14. The Morgan fingerprint density at radius 3 is 2.11 bits per heavy atom. The fraction of sp³-hybridized carbons (Fsp3) is 0.409. The largest absolute Gasteiger partial charge is 0.471 e. The number of alkyl halides is 3. The van der Waals surface area contributed by atoms with Crippen LogP contribution < -0.4 is 11.1 Å². The van der Waals surface area contributed by atoms with Crippen molar-refractivity contribution in [1.29, 1.82) is 0 Å². The van der Waals surface area contributed by atoms with Crippen LogP contribution in [0.2, 0.25) is 0 Å². The van der Waals surface area contributed by atoms with Gasteiger partial charge >= 0.3 is 12.1 Å². The molecule has 190 valence electrons. The highest BCUT2D eigenvalue weighted by atomic mass is 79.9. The maximum absolute atomic E-state index is 12.4. The smallest absolute Gasteiger partial charge is 0.398 e. The summed E-state index contributed by atoms with van der Waals surface area (Å²) in [6, 6.07) is 8.36. The Hall–Kier alpha value is -2.22. The SMILES string of the molecule is Nc1ccc(Br)cc1C1CCCO1.O=C(Nc1c(C2CCCO2)cc(Br)cc1[N+](=O)[O-])C(F)(F)F. The van der Waals surface area contributed by atoms with Gasteiger partial charge in [-0.25, -0.2) is 0 Å². The number of rotatable bonds is 4. The van der Waals surface area contributed by atoms with E-state index in [-0.39, 0.29) is 11.7 Å². The minimum absolute atomic E-state index is 0.149. The molecular weight excluding hydrogens is 603 g/mol. The minimum atomic E-state index is -5.14. The second-order valence-electron chi connectivity index (χ2n) is 7.87. The van der Waals surface area contributed by atoms with Gasteiger partial charge in [-0.15, -0.1) is 0 Å². The summed E-state index contributed by atoms with van der Waals surface area (Å²) in [5.41, 5.74) is 6.85. The van der Waals surface area contributed by atoms with E-state index in [0.29, 0.717) is 23.9 Å². The van der Waals surface area contributed by atoms with Gasteiger partial charge in [-0.1, -0.05) is 31.9 Å². The zero-order valence-corrected chi connectivity index (χ0v) is 21.4. The third-order valence-electron chi connectivity index (χ3n) is 5.41. The van der Waals surface area contributed by atoms with Crippen molar-refractivity contribution in [3.05, 3.63) is 60.5 Å². The molecule has 2 aliphatic rings. The number of nitrogens with two attached hydrogens (primary N) is 1. The fourth-order valence-corrected chi connectivity index (χ4v) is 4.64. The Morgan fingerprint density at radius 2 is 1.60 bits per heavy atom. The van der Waals surface area contributed by atoms with Crippen LogP contribution >= 0.6 is 31.9 Å². The molecular formula is C22H22Br2F3N3O5. The van der Waals surface area contributed by atoms with E-state index in [1.807, 2.05) is 18.2 Å². The van der Waals surface area contributed by atoms with Gasteiger partial charge in [0.25, 0.3) is 5.69 Å². The molecule has 2 saturated heterocycles. The van der Waals surface area contributed by atoms with E-state index in [0.717, 1.165) is 41.2 Å². The zero-order chi connectivity index (χ0) is 25.8. The average Bonchev–Trinajstić information content (AvgIpc) is 3.50. The van der Waals surface area contributed by atoms with Gasteiger partial charge < -0.3 is 20.5 Å². The van der Waals surface area contributed by atoms with Crippen LogP contribution in [0.3, 0.4) is 0 Å². The lowest BCUT2D eigenvalue weighted by Gasteiger charge is -2.17. The van der Waals surface area contributed by atoms with Gasteiger partial charge in [0, 0.05) is 45.0 Å². The van der Waals surface area contributed by atoms with Crippen molar-refractivity contribution in [3.8, 4) is 0 Å². The first-order valence-corrected chi connectivity index (χ1v) is 12.2. The third kappa shape index (κ3) is 7.15. The van der Waals surface area contributed by atoms with Crippen molar-refractivity contribution >= 4 is 54.8 Å². The number of anilines is 2. The number of nitro benzene ring substituents is 1. The third-order valence-corrected chi connectivity index (χ3v) is 6.36. The maximum atomic E-state index is 12.4. The van der Waals surface area contributed by atoms with Crippen molar-refractivity contribution in [2.75, 3.05) is 24.3 Å². The normalized spacial score (nSPS) is 19.7. The van der Waals surface area contributed by atoms with E-state index in [2.05, 4.69) is 31.9 Å². The average molecular weight is 625 g/mol. The Labute approximate surface area is 215 Å². The summed E-state index contributed by atoms with van der Waals surface area (Å²) in [7, 11) is 0. The molecule has 2 aromatic carbocycles. The summed E-state index contributed by atoms with van der Waals surface area (Å²) in [5, 5.41) is 12.7. The maximum Gasteiger partial charge on any atom is 0.471 e. The molecule has 8 nitrogen and oxygen atoms in total. The molecule has 2 atom stereocenters. The number of nitrogen functional groups attached to an aromatic ring is 1. The van der Waals surface area contributed by atoms with Crippen LogP contribution in [-0.4, -0.2) is 30.2 Å². The van der Waals surface area contributed by atoms with E-state index in [1.54, 1.807) is 5.32 Å². The summed E-state index contributed by atoms with van der Waals surface area (Å²) in [5.74, 6) is -2.27. The molecule has 3 N–H and O–H groups in total. The monoisotopic (exact) mass is 623 g/mol. The van der Waals surface area contributed by atoms with E-state index in [1.165, 1.54) is 6.07 Å². The van der Waals surface area contributed by atoms with E-state index in [4.69, 9.17) is 15.2 Å². The van der Waals surface area contributed by atoms with E-state index < -0.39 is 34.5 Å². The van der Waals surface area contributed by atoms with Gasteiger partial charge in [-0.3, -0.25) is 14.9 Å². The van der Waals surface area contributed by atoms with Crippen molar-refractivity contribution in [2.24, 2.45) is 0 Å². The van der Waals surface area contributed by atoms with Crippen LogP contribution in [0.25, 0.3) is 0 Å². The second kappa shape index (κ2) is 11.7. The fourth-order valence-electron chi connectivity index (χ4n) is 3.80. The quantitative estimate of drug-likeness (QED) is 0.225. The molecule has 2 unspecified atom stereocenters. The number of benzene rings is 2. The van der Waals surface area contributed by atoms with Gasteiger partial charge in [0.2, 0.25) is 0 Å². The van der Waals surface area contributed by atoms with Crippen LogP contribution in [0, 0.1) is 10.1 Å². The lowest BCUT2D eigenvalue weighted by Crippen LogP contribution is -2.30. The number of nitrogens with one attached hydrogen (secondary N) is 1. The molecule has 2 aromatic rings. The minimum Gasteiger partial charge on any atom is -0.398 e. The molecule has 0 saturated carbocycles. The molecule has 0 aromatic heterocycles. The molecule has 1 amide bonds. The lowest BCUT2D eigenvalue weighted by atomic mass is 10.0. The predicted octanol–water partition coefficient (Wildman–Crippen LogP) is 6.59. The van der Waals surface area contributed by atoms with Crippen LogP contribution in [0.4, 0.5) is 30.2 Å². The second-order valence-corrected chi connectivity index (χ2v) is 9.71. The van der Waals surface area contributed by atoms with E-state index in [9.17, 15) is 28.1 Å². The molecule has 2 heterocycles. The van der Waals surface area contributed by atoms with Gasteiger partial charge in [0.15, 0.2) is 0 Å². The molecule has 0 aliphatic carbocycles. The summed E-state index contributed by atoms with van der Waals surface area (Å²) in [4.78, 5) is 21.4. The molecule has 0 spiro atoms. The van der Waals surface area contributed by atoms with Crippen molar-refractivity contribution < 1.29 is 32.4 Å². The van der Waals surface area contributed by atoms with Gasteiger partial charge in [-0.2, -0.15) is 13.2 Å². The molecule has 0 radical (unpaired) electrons. The van der Waals surface area contributed by atoms with Crippen LogP contribution in [0.5, 0.6) is 0 Å². The Kier molecular flexibility index (Phi) is 9.13. The number of hydrogen-bond donors (Lipinski definition) is 2. The van der Waals surface area contributed by atoms with Crippen LogP contribution in [0.1, 0.15) is 49.0 Å².